The first-order valence-corrected chi connectivity index (χ1v) is 14.2. The van der Waals surface area contributed by atoms with Crippen molar-refractivity contribution >= 4 is 11.6 Å². The molecule has 6 rings (SSSR count). The van der Waals surface area contributed by atoms with E-state index in [1.165, 1.54) is 65.5 Å². The Morgan fingerprint density at radius 1 is 0.459 bits per heavy atom. The van der Waals surface area contributed by atoms with Crippen LogP contribution in [0.2, 0.25) is 0 Å². The first-order valence-electron chi connectivity index (χ1n) is 14.2. The second-order valence-corrected chi connectivity index (χ2v) is 11.1. The van der Waals surface area contributed by atoms with E-state index in [0.717, 1.165) is 44.1 Å². The lowest BCUT2D eigenvalue weighted by Crippen LogP contribution is -2.10. The summed E-state index contributed by atoms with van der Waals surface area (Å²) in [5.74, 6) is 0.712. The molecule has 0 aromatic heterocycles. The van der Waals surface area contributed by atoms with Crippen molar-refractivity contribution in [2.24, 2.45) is 0 Å². The summed E-state index contributed by atoms with van der Waals surface area (Å²) in [5.41, 5.74) is 11.9. The van der Waals surface area contributed by atoms with E-state index >= 15 is 0 Å². The zero-order chi connectivity index (χ0) is 26.2. The van der Waals surface area contributed by atoms with E-state index in [0.29, 0.717) is 18.0 Å². The molecule has 0 saturated carbocycles. The van der Waals surface area contributed by atoms with Gasteiger partial charge in [0.05, 0.1) is 0 Å². The highest BCUT2D eigenvalue weighted by atomic mass is 16.1. The third-order valence-corrected chi connectivity index (χ3v) is 7.82. The minimum Gasteiger partial charge on any atom is -0.299 e. The van der Waals surface area contributed by atoms with Crippen LogP contribution in [0.25, 0.3) is 0 Å². The summed E-state index contributed by atoms with van der Waals surface area (Å²) in [5, 5.41) is 0. The lowest BCUT2D eigenvalue weighted by atomic mass is 9.90. The number of aryl methyl sites for hydroxylation is 7. The summed E-state index contributed by atoms with van der Waals surface area (Å²) in [6.07, 6.45) is 13.1. The Kier molecular flexibility index (Phi) is 9.50. The van der Waals surface area contributed by atoms with Crippen LogP contribution in [0.15, 0.2) is 54.6 Å². The highest BCUT2D eigenvalue weighted by Gasteiger charge is 2.16. The minimum atomic E-state index is 0.319. The maximum atomic E-state index is 11.4. The Bertz CT molecular complexity index is 1250. The molecule has 0 bridgehead atoms. The maximum Gasteiger partial charge on any atom is 0.163 e. The quantitative estimate of drug-likeness (QED) is 0.295. The molecule has 0 radical (unpaired) electrons. The van der Waals surface area contributed by atoms with Gasteiger partial charge in [0, 0.05) is 24.8 Å². The number of Topliss-reactive ketones (excluding diaryl/α,β-unsaturated/α-hetero) is 2. The molecule has 0 atom stereocenters. The molecular formula is C35H42O2. The summed E-state index contributed by atoms with van der Waals surface area (Å²) in [6.45, 7) is 6.29. The first kappa shape index (κ1) is 27.0. The van der Waals surface area contributed by atoms with E-state index in [1.807, 2.05) is 13.0 Å². The lowest BCUT2D eigenvalue weighted by molar-refractivity contribution is -0.118. The van der Waals surface area contributed by atoms with Gasteiger partial charge in [0.25, 0.3) is 0 Å². The van der Waals surface area contributed by atoms with E-state index in [2.05, 4.69) is 62.4 Å². The fraction of sp³-hybridized carbons (Fsp3) is 0.429. The molecular weight excluding hydrogens is 452 g/mol. The lowest BCUT2D eigenvalue weighted by Gasteiger charge is -2.14. The van der Waals surface area contributed by atoms with E-state index in [9.17, 15) is 9.59 Å². The third kappa shape index (κ3) is 7.74. The van der Waals surface area contributed by atoms with Gasteiger partial charge in [-0.2, -0.15) is 0 Å². The number of fused-ring (bicyclic) bond motifs is 3. The number of benzene rings is 3. The molecule has 3 aliphatic rings. The van der Waals surface area contributed by atoms with E-state index < -0.39 is 0 Å². The largest absolute Gasteiger partial charge is 0.299 e. The van der Waals surface area contributed by atoms with Crippen molar-refractivity contribution in [1.29, 1.82) is 0 Å². The van der Waals surface area contributed by atoms with E-state index in [1.54, 1.807) is 11.1 Å². The molecule has 37 heavy (non-hydrogen) atoms. The number of carbonyl (C=O) groups excluding carboxylic acids is 2. The van der Waals surface area contributed by atoms with Gasteiger partial charge >= 0.3 is 0 Å². The highest BCUT2D eigenvalue weighted by molar-refractivity contribution is 5.98. The van der Waals surface area contributed by atoms with Crippen LogP contribution in [0.4, 0.5) is 0 Å². The molecule has 3 aromatic carbocycles. The van der Waals surface area contributed by atoms with Crippen molar-refractivity contribution in [3.8, 4) is 0 Å². The number of hydrogen-bond donors (Lipinski definition) is 0. The second-order valence-electron chi connectivity index (χ2n) is 11.1. The second kappa shape index (κ2) is 13.0. The first-order chi connectivity index (χ1) is 17.9. The summed E-state index contributed by atoms with van der Waals surface area (Å²) in [7, 11) is 0. The van der Waals surface area contributed by atoms with Crippen molar-refractivity contribution in [2.45, 2.75) is 97.8 Å². The van der Waals surface area contributed by atoms with Crippen molar-refractivity contribution in [1.82, 2.24) is 0 Å². The molecule has 2 heteroatoms. The fourth-order valence-electron chi connectivity index (χ4n) is 5.72. The topological polar surface area (TPSA) is 34.1 Å². The number of rotatable bonds is 0. The molecule has 0 N–H and O–H groups in total. The summed E-state index contributed by atoms with van der Waals surface area (Å²) in [6, 6.07) is 19.5. The maximum absolute atomic E-state index is 11.4. The van der Waals surface area contributed by atoms with E-state index in [4.69, 9.17) is 0 Å². The molecule has 3 aliphatic carbocycles. The normalized spacial score (nSPS) is 16.4. The molecule has 0 heterocycles. The summed E-state index contributed by atoms with van der Waals surface area (Å²) < 4.78 is 0. The smallest absolute Gasteiger partial charge is 0.163 e. The van der Waals surface area contributed by atoms with Crippen molar-refractivity contribution in [3.63, 3.8) is 0 Å². The third-order valence-electron chi connectivity index (χ3n) is 7.82. The average Bonchev–Trinajstić information content (AvgIpc) is 3.22. The highest BCUT2D eigenvalue weighted by Crippen LogP contribution is 2.23. The van der Waals surface area contributed by atoms with Gasteiger partial charge in [-0.25, -0.2) is 0 Å². The SMILES string of the molecule is Cc1ccc2c(c1)C(=O)CCC2.Cc1ccc2c(c1)CC(=O)CCC2.Cc1ccc2c(c1)CCCCC2. The Balaban J connectivity index is 0.000000130. The van der Waals surface area contributed by atoms with Gasteiger partial charge in [-0.15, -0.1) is 0 Å². The molecule has 0 unspecified atom stereocenters. The molecule has 2 nitrogen and oxygen atoms in total. The monoisotopic (exact) mass is 494 g/mol. The predicted molar refractivity (Wildman–Crippen MR) is 154 cm³/mol. The molecule has 194 valence electrons. The van der Waals surface area contributed by atoms with E-state index in [-0.39, 0.29) is 0 Å². The molecule has 0 amide bonds. The minimum absolute atomic E-state index is 0.319. The van der Waals surface area contributed by atoms with Crippen LogP contribution in [-0.2, 0) is 36.9 Å². The molecule has 0 saturated heterocycles. The van der Waals surface area contributed by atoms with Crippen LogP contribution in [0.5, 0.6) is 0 Å². The number of ketones is 2. The van der Waals surface area contributed by atoms with Gasteiger partial charge in [0.1, 0.15) is 5.78 Å². The van der Waals surface area contributed by atoms with Gasteiger partial charge in [-0.05, 0) is 106 Å². The van der Waals surface area contributed by atoms with Crippen LogP contribution < -0.4 is 0 Å². The Morgan fingerprint density at radius 2 is 0.973 bits per heavy atom. The molecule has 0 fully saturated rings. The van der Waals surface area contributed by atoms with Crippen LogP contribution in [0.1, 0.15) is 99.8 Å². The van der Waals surface area contributed by atoms with Crippen LogP contribution in [-0.4, -0.2) is 11.6 Å². The van der Waals surface area contributed by atoms with Crippen LogP contribution >= 0.6 is 0 Å². The van der Waals surface area contributed by atoms with Crippen molar-refractivity contribution in [2.75, 3.05) is 0 Å². The van der Waals surface area contributed by atoms with Crippen molar-refractivity contribution in [3.05, 3.63) is 105 Å². The predicted octanol–water partition coefficient (Wildman–Crippen LogP) is 8.22. The zero-order valence-corrected chi connectivity index (χ0v) is 23.0. The van der Waals surface area contributed by atoms with Gasteiger partial charge < -0.3 is 0 Å². The number of carbonyl (C=O) groups is 2. The Hall–Kier alpha value is -3.00. The number of hydrogen-bond acceptors (Lipinski definition) is 2. The fourth-order valence-corrected chi connectivity index (χ4v) is 5.72. The average molecular weight is 495 g/mol. The molecule has 0 spiro atoms. The summed E-state index contributed by atoms with van der Waals surface area (Å²) >= 11 is 0. The van der Waals surface area contributed by atoms with Crippen LogP contribution in [0.3, 0.4) is 0 Å². The summed E-state index contributed by atoms with van der Waals surface area (Å²) in [4.78, 5) is 22.8. The van der Waals surface area contributed by atoms with Gasteiger partial charge in [0.15, 0.2) is 5.78 Å². The molecule has 0 aliphatic heterocycles. The van der Waals surface area contributed by atoms with Gasteiger partial charge in [-0.1, -0.05) is 71.6 Å². The Labute approximate surface area is 223 Å². The Morgan fingerprint density at radius 3 is 1.70 bits per heavy atom. The van der Waals surface area contributed by atoms with Gasteiger partial charge in [0.2, 0.25) is 0 Å². The standard InChI is InChI=1S/C12H14O.C12H16.C11H12O/c1-9-5-6-10-3-2-4-12(13)8-11(10)7-9;1-10-7-8-11-5-3-2-4-6-12(11)9-10;1-8-5-6-9-3-2-4-11(12)10(9)7-8/h5-7H,2-4,8H2,1H3;7-9H,2-6H2,1H3;5-7H,2-4H2,1H3. The van der Waals surface area contributed by atoms with Crippen LogP contribution in [0, 0.1) is 20.8 Å². The molecule has 3 aromatic rings. The van der Waals surface area contributed by atoms with Gasteiger partial charge in [-0.3, -0.25) is 9.59 Å². The zero-order valence-electron chi connectivity index (χ0n) is 23.0. The van der Waals surface area contributed by atoms with Crippen molar-refractivity contribution < 1.29 is 9.59 Å².